The summed E-state index contributed by atoms with van der Waals surface area (Å²) in [5, 5.41) is 9.00. The molecule has 2 N–H and O–H groups in total. The SMILES string of the molecule is CCOC(=O)N1CCc2c(sc3c2C(=O)NC(c2ccc(OC(=O)c4cccc5ccccc45)c(OCC)c2)N3)C1. The molecule has 41 heavy (non-hydrogen) atoms. The van der Waals surface area contributed by atoms with Crippen LogP contribution >= 0.6 is 11.3 Å². The summed E-state index contributed by atoms with van der Waals surface area (Å²) >= 11 is 1.48. The molecule has 10 heteroatoms. The lowest BCUT2D eigenvalue weighted by molar-refractivity contribution is 0.0730. The van der Waals surface area contributed by atoms with Gasteiger partial charge in [-0.1, -0.05) is 42.5 Å². The molecule has 2 aliphatic heterocycles. The average molecular weight is 572 g/mol. The summed E-state index contributed by atoms with van der Waals surface area (Å²) in [7, 11) is 0. The molecule has 0 fully saturated rings. The van der Waals surface area contributed by atoms with Crippen molar-refractivity contribution in [1.29, 1.82) is 0 Å². The summed E-state index contributed by atoms with van der Waals surface area (Å²) in [5.74, 6) is 0.0403. The van der Waals surface area contributed by atoms with E-state index in [1.54, 1.807) is 36.1 Å². The molecule has 0 radical (unpaired) electrons. The molecule has 3 aromatic carbocycles. The Labute approximate surface area is 241 Å². The van der Waals surface area contributed by atoms with Crippen LogP contribution in [-0.4, -0.2) is 42.6 Å². The van der Waals surface area contributed by atoms with E-state index in [1.165, 1.54) is 11.3 Å². The highest BCUT2D eigenvalue weighted by molar-refractivity contribution is 7.16. The second kappa shape index (κ2) is 11.1. The summed E-state index contributed by atoms with van der Waals surface area (Å²) in [5.41, 5.74) is 2.82. The molecule has 4 aromatic rings. The molecular weight excluding hydrogens is 542 g/mol. The summed E-state index contributed by atoms with van der Waals surface area (Å²) in [6.07, 6.45) is -0.270. The fraction of sp³-hybridized carbons (Fsp3) is 0.258. The second-order valence-corrected chi connectivity index (χ2v) is 10.8. The number of carbonyl (C=O) groups is 3. The number of hydrogen-bond donors (Lipinski definition) is 2. The van der Waals surface area contributed by atoms with Gasteiger partial charge in [0.25, 0.3) is 5.91 Å². The first-order valence-electron chi connectivity index (χ1n) is 13.6. The van der Waals surface area contributed by atoms with Gasteiger partial charge in [0.15, 0.2) is 11.5 Å². The Kier molecular flexibility index (Phi) is 7.23. The number of nitrogens with one attached hydrogen (secondary N) is 2. The number of ether oxygens (including phenoxy) is 3. The van der Waals surface area contributed by atoms with Crippen LogP contribution in [0.5, 0.6) is 11.5 Å². The smallest absolute Gasteiger partial charge is 0.410 e. The van der Waals surface area contributed by atoms with E-state index in [-0.39, 0.29) is 12.0 Å². The molecule has 6 rings (SSSR count). The molecule has 1 atom stereocenters. The number of hydrogen-bond acceptors (Lipinski definition) is 8. The van der Waals surface area contributed by atoms with Gasteiger partial charge in [0, 0.05) is 11.4 Å². The van der Waals surface area contributed by atoms with Crippen LogP contribution in [0.3, 0.4) is 0 Å². The number of anilines is 1. The Bertz CT molecular complexity index is 1660. The minimum absolute atomic E-state index is 0.171. The molecule has 9 nitrogen and oxygen atoms in total. The van der Waals surface area contributed by atoms with Crippen LogP contribution in [0.25, 0.3) is 10.8 Å². The van der Waals surface area contributed by atoms with Gasteiger partial charge >= 0.3 is 12.1 Å². The van der Waals surface area contributed by atoms with Gasteiger partial charge in [-0.05, 0) is 60.4 Å². The summed E-state index contributed by atoms with van der Waals surface area (Å²) in [6.45, 7) is 5.24. The topological polar surface area (TPSA) is 106 Å². The third kappa shape index (κ3) is 5.06. The molecule has 0 spiro atoms. The van der Waals surface area contributed by atoms with Gasteiger partial charge in [-0.2, -0.15) is 0 Å². The number of rotatable bonds is 6. The van der Waals surface area contributed by atoms with E-state index in [0.717, 1.165) is 31.8 Å². The van der Waals surface area contributed by atoms with E-state index in [0.29, 0.717) is 55.4 Å². The Morgan fingerprint density at radius 1 is 1.00 bits per heavy atom. The van der Waals surface area contributed by atoms with Crippen molar-refractivity contribution in [3.8, 4) is 11.5 Å². The minimum atomic E-state index is -0.515. The van der Waals surface area contributed by atoms with E-state index >= 15 is 0 Å². The Morgan fingerprint density at radius 3 is 2.66 bits per heavy atom. The lowest BCUT2D eigenvalue weighted by Gasteiger charge is -2.28. The Morgan fingerprint density at radius 2 is 1.83 bits per heavy atom. The fourth-order valence-corrected chi connectivity index (χ4v) is 6.56. The zero-order valence-corrected chi connectivity index (χ0v) is 23.5. The fourth-order valence-electron chi connectivity index (χ4n) is 5.27. The molecule has 3 heterocycles. The number of thiophene rings is 1. The monoisotopic (exact) mass is 571 g/mol. The summed E-state index contributed by atoms with van der Waals surface area (Å²) < 4.78 is 16.8. The quantitative estimate of drug-likeness (QED) is 0.220. The molecule has 0 aliphatic carbocycles. The number of carbonyl (C=O) groups excluding carboxylic acids is 3. The molecule has 2 amide bonds. The first kappa shape index (κ1) is 26.6. The van der Waals surface area contributed by atoms with Gasteiger partial charge in [0.2, 0.25) is 0 Å². The number of nitrogens with zero attached hydrogens (tertiary/aromatic N) is 1. The standard InChI is InChI=1S/C31H29N3O6S/c1-3-38-24-16-19(12-13-23(24)40-30(36)21-11-7-9-18-8-5-6-10-20(18)21)27-32-28(35)26-22-14-15-34(31(37)39-4-2)17-25(22)41-29(26)33-27/h5-13,16,27,33H,3-4,14-15,17H2,1-2H3,(H,32,35). The highest BCUT2D eigenvalue weighted by Gasteiger charge is 2.35. The van der Waals surface area contributed by atoms with Crippen LogP contribution in [0, 0.1) is 0 Å². The second-order valence-electron chi connectivity index (χ2n) is 9.68. The third-order valence-corrected chi connectivity index (χ3v) is 8.32. The van der Waals surface area contributed by atoms with E-state index in [4.69, 9.17) is 14.2 Å². The normalized spacial score (nSPS) is 15.8. The number of amides is 2. The molecule has 2 aliphatic rings. The van der Waals surface area contributed by atoms with Gasteiger partial charge in [-0.3, -0.25) is 4.79 Å². The predicted molar refractivity (Wildman–Crippen MR) is 156 cm³/mol. The first-order valence-corrected chi connectivity index (χ1v) is 14.4. The predicted octanol–water partition coefficient (Wildman–Crippen LogP) is 5.89. The van der Waals surface area contributed by atoms with E-state index in [9.17, 15) is 14.4 Å². The van der Waals surface area contributed by atoms with Gasteiger partial charge in [0.1, 0.15) is 11.2 Å². The highest BCUT2D eigenvalue weighted by Crippen LogP contribution is 2.42. The molecule has 0 saturated heterocycles. The van der Waals surface area contributed by atoms with Crippen LogP contribution in [0.2, 0.25) is 0 Å². The van der Waals surface area contributed by atoms with Crippen molar-refractivity contribution in [2.24, 2.45) is 0 Å². The van der Waals surface area contributed by atoms with Crippen molar-refractivity contribution in [2.75, 3.05) is 25.1 Å². The van der Waals surface area contributed by atoms with Gasteiger partial charge in [-0.25, -0.2) is 9.59 Å². The maximum atomic E-state index is 13.3. The lowest BCUT2D eigenvalue weighted by Crippen LogP contribution is -2.39. The van der Waals surface area contributed by atoms with E-state index in [2.05, 4.69) is 10.6 Å². The Balaban J connectivity index is 1.24. The van der Waals surface area contributed by atoms with Gasteiger partial charge < -0.3 is 29.7 Å². The van der Waals surface area contributed by atoms with Gasteiger partial charge in [-0.15, -0.1) is 11.3 Å². The number of benzene rings is 3. The van der Waals surface area contributed by atoms with Crippen LogP contribution < -0.4 is 20.1 Å². The van der Waals surface area contributed by atoms with Crippen molar-refractivity contribution < 1.29 is 28.6 Å². The third-order valence-electron chi connectivity index (χ3n) is 7.17. The highest BCUT2D eigenvalue weighted by atomic mass is 32.1. The number of esters is 1. The van der Waals surface area contributed by atoms with Crippen molar-refractivity contribution in [2.45, 2.75) is 33.0 Å². The van der Waals surface area contributed by atoms with Crippen molar-refractivity contribution >= 4 is 45.1 Å². The molecule has 0 bridgehead atoms. The van der Waals surface area contributed by atoms with Crippen LogP contribution in [0.1, 0.15) is 56.7 Å². The van der Waals surface area contributed by atoms with Crippen molar-refractivity contribution in [1.82, 2.24) is 10.2 Å². The lowest BCUT2D eigenvalue weighted by atomic mass is 10.0. The van der Waals surface area contributed by atoms with Crippen LogP contribution in [0.4, 0.5) is 9.80 Å². The first-order chi connectivity index (χ1) is 20.0. The Hall–Kier alpha value is -4.57. The molecule has 1 unspecified atom stereocenters. The molecule has 210 valence electrons. The molecular formula is C31H29N3O6S. The van der Waals surface area contributed by atoms with Gasteiger partial charge in [0.05, 0.1) is 30.9 Å². The summed E-state index contributed by atoms with van der Waals surface area (Å²) in [4.78, 5) is 41.3. The summed E-state index contributed by atoms with van der Waals surface area (Å²) in [6, 6.07) is 18.4. The van der Waals surface area contributed by atoms with Crippen molar-refractivity contribution in [3.63, 3.8) is 0 Å². The van der Waals surface area contributed by atoms with Crippen LogP contribution in [-0.2, 0) is 17.7 Å². The average Bonchev–Trinajstić information content (AvgIpc) is 3.36. The molecule has 0 saturated carbocycles. The zero-order valence-electron chi connectivity index (χ0n) is 22.7. The zero-order chi connectivity index (χ0) is 28.5. The number of fused-ring (bicyclic) bond motifs is 4. The maximum absolute atomic E-state index is 13.3. The minimum Gasteiger partial charge on any atom is -0.490 e. The molecule has 1 aromatic heterocycles. The van der Waals surface area contributed by atoms with Crippen LogP contribution in [0.15, 0.2) is 60.7 Å². The van der Waals surface area contributed by atoms with E-state index < -0.39 is 12.1 Å². The van der Waals surface area contributed by atoms with E-state index in [1.807, 2.05) is 43.3 Å². The largest absolute Gasteiger partial charge is 0.490 e. The van der Waals surface area contributed by atoms with Crippen molar-refractivity contribution in [3.05, 3.63) is 87.8 Å². The maximum Gasteiger partial charge on any atom is 0.410 e.